The zero-order valence-corrected chi connectivity index (χ0v) is 7.96. The summed E-state index contributed by atoms with van der Waals surface area (Å²) in [5.41, 5.74) is 0.715. The van der Waals surface area contributed by atoms with E-state index in [9.17, 15) is 9.18 Å². The van der Waals surface area contributed by atoms with Crippen LogP contribution in [0.1, 0.15) is 5.56 Å². The summed E-state index contributed by atoms with van der Waals surface area (Å²) in [6, 6.07) is 4.76. The molecule has 0 aliphatic carbocycles. The van der Waals surface area contributed by atoms with Crippen LogP contribution < -0.4 is 4.84 Å². The van der Waals surface area contributed by atoms with Crippen molar-refractivity contribution in [2.45, 2.75) is 12.5 Å². The van der Waals surface area contributed by atoms with E-state index in [0.29, 0.717) is 5.56 Å². The van der Waals surface area contributed by atoms with Gasteiger partial charge in [-0.05, 0) is 35.9 Å². The predicted molar refractivity (Wildman–Crippen MR) is 50.5 cm³/mol. The molecule has 5 heteroatoms. The first-order valence-electron chi connectivity index (χ1n) is 3.97. The summed E-state index contributed by atoms with van der Waals surface area (Å²) in [5.74, 6) is -1.39. The van der Waals surface area contributed by atoms with E-state index in [-0.39, 0.29) is 12.2 Å². The molecule has 14 heavy (non-hydrogen) atoms. The highest BCUT2D eigenvalue weighted by Crippen LogP contribution is 2.06. The van der Waals surface area contributed by atoms with Crippen LogP contribution >= 0.6 is 11.8 Å². The average molecular weight is 218 g/mol. The topological polar surface area (TPSA) is 49.3 Å². The molecular weight excluding hydrogens is 209 g/mol. The van der Waals surface area contributed by atoms with Gasteiger partial charge >= 0.3 is 5.97 Å². The lowest BCUT2D eigenvalue weighted by molar-refractivity contribution is -0.138. The maximum atomic E-state index is 12.5. The van der Waals surface area contributed by atoms with Crippen molar-refractivity contribution in [1.82, 2.24) is 4.84 Å². The number of aliphatic carboxylic acids is 1. The van der Waals surface area contributed by atoms with E-state index in [1.54, 1.807) is 0 Å². The Bertz CT molecular complexity index is 315. The van der Waals surface area contributed by atoms with E-state index < -0.39 is 12.0 Å². The standard InChI is InChI=1S/C9H9ClFNO2/c10-12-8(9(13)14)5-6-1-3-7(11)4-2-6/h1-4,8,12H,5H2,(H,13,14). The van der Waals surface area contributed by atoms with Gasteiger partial charge in [-0.1, -0.05) is 12.1 Å². The first kappa shape index (κ1) is 10.9. The second-order valence-electron chi connectivity index (χ2n) is 2.83. The first-order chi connectivity index (χ1) is 6.63. The molecule has 0 spiro atoms. The van der Waals surface area contributed by atoms with Crippen LogP contribution in [0.2, 0.25) is 0 Å². The van der Waals surface area contributed by atoms with E-state index in [4.69, 9.17) is 16.9 Å². The van der Waals surface area contributed by atoms with Crippen LogP contribution in [0.4, 0.5) is 4.39 Å². The van der Waals surface area contributed by atoms with Gasteiger partial charge in [0, 0.05) is 0 Å². The Morgan fingerprint density at radius 1 is 1.50 bits per heavy atom. The third kappa shape index (κ3) is 2.97. The molecule has 0 aliphatic rings. The van der Waals surface area contributed by atoms with E-state index in [2.05, 4.69) is 4.84 Å². The second-order valence-corrected chi connectivity index (χ2v) is 3.05. The molecule has 0 heterocycles. The molecule has 0 amide bonds. The molecule has 0 saturated heterocycles. The van der Waals surface area contributed by atoms with E-state index in [1.165, 1.54) is 24.3 Å². The van der Waals surface area contributed by atoms with E-state index >= 15 is 0 Å². The Balaban J connectivity index is 2.67. The Hall–Kier alpha value is -1.13. The van der Waals surface area contributed by atoms with Gasteiger partial charge in [-0.25, -0.2) is 9.23 Å². The lowest BCUT2D eigenvalue weighted by Gasteiger charge is -2.08. The molecule has 0 radical (unpaired) electrons. The second kappa shape index (κ2) is 4.93. The summed E-state index contributed by atoms with van der Waals surface area (Å²) < 4.78 is 12.5. The number of carboxylic acids is 1. The normalized spacial score (nSPS) is 12.4. The third-order valence-electron chi connectivity index (χ3n) is 1.78. The van der Waals surface area contributed by atoms with Crippen molar-refractivity contribution in [2.75, 3.05) is 0 Å². The maximum absolute atomic E-state index is 12.5. The van der Waals surface area contributed by atoms with E-state index in [1.807, 2.05) is 0 Å². The average Bonchev–Trinajstić information content (AvgIpc) is 2.16. The van der Waals surface area contributed by atoms with Gasteiger partial charge in [0.05, 0.1) is 0 Å². The first-order valence-corrected chi connectivity index (χ1v) is 4.34. The van der Waals surface area contributed by atoms with Crippen LogP contribution in [0.15, 0.2) is 24.3 Å². The number of benzene rings is 1. The minimum Gasteiger partial charge on any atom is -0.480 e. The van der Waals surface area contributed by atoms with Crippen molar-refractivity contribution in [3.05, 3.63) is 35.6 Å². The van der Waals surface area contributed by atoms with Crippen molar-refractivity contribution < 1.29 is 14.3 Å². The van der Waals surface area contributed by atoms with Crippen LogP contribution in [0, 0.1) is 5.82 Å². The summed E-state index contributed by atoms with van der Waals surface area (Å²) in [5, 5.41) is 8.67. The monoisotopic (exact) mass is 217 g/mol. The molecule has 0 bridgehead atoms. The minimum atomic E-state index is -1.04. The van der Waals surface area contributed by atoms with Gasteiger partial charge in [-0.2, -0.15) is 0 Å². The molecule has 1 rings (SSSR count). The number of rotatable bonds is 4. The van der Waals surface area contributed by atoms with Crippen molar-refractivity contribution in [2.24, 2.45) is 0 Å². The smallest absolute Gasteiger partial charge is 0.322 e. The number of carbonyl (C=O) groups is 1. The Labute approximate surface area is 85.6 Å². The SMILES string of the molecule is O=C(O)C(Cc1ccc(F)cc1)NCl. The molecule has 1 aromatic carbocycles. The predicted octanol–water partition coefficient (Wildman–Crippen LogP) is 1.56. The van der Waals surface area contributed by atoms with Crippen LogP contribution in [0.5, 0.6) is 0 Å². The zero-order chi connectivity index (χ0) is 10.6. The van der Waals surface area contributed by atoms with Gasteiger partial charge < -0.3 is 5.11 Å². The van der Waals surface area contributed by atoms with Crippen LogP contribution in [0.25, 0.3) is 0 Å². The highest BCUT2D eigenvalue weighted by molar-refractivity contribution is 6.14. The van der Waals surface area contributed by atoms with Crippen molar-refractivity contribution in [1.29, 1.82) is 0 Å². The molecule has 0 fully saturated rings. The molecule has 0 aromatic heterocycles. The molecule has 76 valence electrons. The highest BCUT2D eigenvalue weighted by atomic mass is 35.5. The van der Waals surface area contributed by atoms with Crippen LogP contribution in [-0.2, 0) is 11.2 Å². The van der Waals surface area contributed by atoms with Crippen LogP contribution in [-0.4, -0.2) is 17.1 Å². The fourth-order valence-corrected chi connectivity index (χ4v) is 1.20. The van der Waals surface area contributed by atoms with Gasteiger partial charge in [0.1, 0.15) is 11.9 Å². The number of nitrogens with one attached hydrogen (secondary N) is 1. The van der Waals surface area contributed by atoms with Gasteiger partial charge in [0.15, 0.2) is 0 Å². The van der Waals surface area contributed by atoms with E-state index in [0.717, 1.165) is 0 Å². The molecule has 2 N–H and O–H groups in total. The molecule has 0 aliphatic heterocycles. The summed E-state index contributed by atoms with van der Waals surface area (Å²) in [7, 11) is 0. The number of hydrogen-bond acceptors (Lipinski definition) is 2. The molecular formula is C9H9ClFNO2. The third-order valence-corrected chi connectivity index (χ3v) is 2.05. The Morgan fingerprint density at radius 2 is 2.07 bits per heavy atom. The number of halogens is 2. The molecule has 1 unspecified atom stereocenters. The minimum absolute atomic E-state index is 0.221. The van der Waals surface area contributed by atoms with Gasteiger partial charge in [-0.15, -0.1) is 0 Å². The van der Waals surface area contributed by atoms with Gasteiger partial charge in [-0.3, -0.25) is 4.79 Å². The summed E-state index contributed by atoms with van der Waals surface area (Å²) in [6.45, 7) is 0. The van der Waals surface area contributed by atoms with Crippen LogP contribution in [0.3, 0.4) is 0 Å². The quantitative estimate of drug-likeness (QED) is 0.753. The maximum Gasteiger partial charge on any atom is 0.322 e. The zero-order valence-electron chi connectivity index (χ0n) is 7.21. The lowest BCUT2D eigenvalue weighted by Crippen LogP contribution is -2.32. The molecule has 1 atom stereocenters. The van der Waals surface area contributed by atoms with Gasteiger partial charge in [0.2, 0.25) is 0 Å². The van der Waals surface area contributed by atoms with Crippen molar-refractivity contribution in [3.63, 3.8) is 0 Å². The summed E-state index contributed by atoms with van der Waals surface area (Å²) >= 11 is 5.24. The van der Waals surface area contributed by atoms with Gasteiger partial charge in [0.25, 0.3) is 0 Å². The molecule has 3 nitrogen and oxygen atoms in total. The largest absolute Gasteiger partial charge is 0.480 e. The number of carboxylic acid groups (broad SMARTS) is 1. The summed E-state index contributed by atoms with van der Waals surface area (Å²) in [6.07, 6.45) is 0.221. The Kier molecular flexibility index (Phi) is 3.85. The lowest BCUT2D eigenvalue weighted by atomic mass is 10.1. The molecule has 0 saturated carbocycles. The summed E-state index contributed by atoms with van der Waals surface area (Å²) in [4.78, 5) is 12.7. The van der Waals surface area contributed by atoms with Crippen molar-refractivity contribution in [3.8, 4) is 0 Å². The Morgan fingerprint density at radius 3 is 2.50 bits per heavy atom. The van der Waals surface area contributed by atoms with Crippen molar-refractivity contribution >= 4 is 17.7 Å². The fourth-order valence-electron chi connectivity index (χ4n) is 1.03. The molecule has 1 aromatic rings. The highest BCUT2D eigenvalue weighted by Gasteiger charge is 2.15. The fraction of sp³-hybridized carbons (Fsp3) is 0.222. The number of hydrogen-bond donors (Lipinski definition) is 2.